The second-order valence-corrected chi connectivity index (χ2v) is 7.99. The Morgan fingerprint density at radius 2 is 1.94 bits per heavy atom. The van der Waals surface area contributed by atoms with Crippen LogP contribution in [0.3, 0.4) is 0 Å². The van der Waals surface area contributed by atoms with Crippen LogP contribution >= 0.6 is 0 Å². The monoisotopic (exact) mass is 472 g/mol. The third kappa shape index (κ3) is 5.49. The summed E-state index contributed by atoms with van der Waals surface area (Å²) in [5.41, 5.74) is 2.87. The van der Waals surface area contributed by atoms with Gasteiger partial charge in [-0.2, -0.15) is 18.3 Å². The molecule has 0 atom stereocenters. The molecule has 0 aliphatic heterocycles. The average molecular weight is 472 g/mol. The van der Waals surface area contributed by atoms with E-state index in [-0.39, 0.29) is 17.2 Å². The number of halogens is 5. The van der Waals surface area contributed by atoms with Gasteiger partial charge >= 0.3 is 6.18 Å². The van der Waals surface area contributed by atoms with E-state index in [1.54, 1.807) is 0 Å². The molecule has 4 N–H and O–H groups in total. The molecule has 1 aliphatic carbocycles. The summed E-state index contributed by atoms with van der Waals surface area (Å²) in [6, 6.07) is 3.34. The maximum absolute atomic E-state index is 13.6. The van der Waals surface area contributed by atoms with Crippen molar-refractivity contribution in [2.24, 2.45) is 11.6 Å². The van der Waals surface area contributed by atoms with Gasteiger partial charge in [0.15, 0.2) is 0 Å². The highest BCUT2D eigenvalue weighted by Gasteiger charge is 2.34. The van der Waals surface area contributed by atoms with Gasteiger partial charge in [-0.3, -0.25) is 9.78 Å². The number of rotatable bonds is 6. The first-order valence-corrected chi connectivity index (χ1v) is 10.4. The van der Waals surface area contributed by atoms with Crippen molar-refractivity contribution in [1.82, 2.24) is 19.8 Å². The van der Waals surface area contributed by atoms with Gasteiger partial charge in [0.25, 0.3) is 12.0 Å². The summed E-state index contributed by atoms with van der Waals surface area (Å²) in [5.74, 6) is 5.32. The Balaban J connectivity index is 2.19. The van der Waals surface area contributed by atoms with Gasteiger partial charge in [-0.1, -0.05) is 19.3 Å². The van der Waals surface area contributed by atoms with Gasteiger partial charge < -0.3 is 10.7 Å². The summed E-state index contributed by atoms with van der Waals surface area (Å²) in [6.45, 7) is -0.599. The van der Waals surface area contributed by atoms with Crippen LogP contribution in [0.5, 0.6) is 0 Å². The van der Waals surface area contributed by atoms with E-state index in [1.807, 2.05) is 0 Å². The highest BCUT2D eigenvalue weighted by atomic mass is 19.4. The van der Waals surface area contributed by atoms with Crippen molar-refractivity contribution in [1.29, 1.82) is 0 Å². The number of hydrazine groups is 1. The highest BCUT2D eigenvalue weighted by molar-refractivity contribution is 5.63. The summed E-state index contributed by atoms with van der Waals surface area (Å²) in [7, 11) is 1.18. The van der Waals surface area contributed by atoms with Gasteiger partial charge in [0.2, 0.25) is 0 Å². The van der Waals surface area contributed by atoms with Crippen molar-refractivity contribution in [2.45, 2.75) is 57.2 Å². The Labute approximate surface area is 186 Å². The molecule has 33 heavy (non-hydrogen) atoms. The molecular weight excluding hydrogens is 447 g/mol. The smallest absolute Gasteiger partial charge is 0.395 e. The first-order chi connectivity index (χ1) is 15.5. The summed E-state index contributed by atoms with van der Waals surface area (Å²) >= 11 is 0. The first-order valence-electron chi connectivity index (χ1n) is 10.4. The van der Waals surface area contributed by atoms with Gasteiger partial charge in [0, 0.05) is 18.8 Å². The Kier molecular flexibility index (Phi) is 7.35. The van der Waals surface area contributed by atoms with Crippen LogP contribution in [-0.4, -0.2) is 33.2 Å². The van der Waals surface area contributed by atoms with Crippen molar-refractivity contribution in [2.75, 3.05) is 7.05 Å². The van der Waals surface area contributed by atoms with Crippen molar-refractivity contribution in [3.8, 4) is 0 Å². The number of aromatic nitrogens is 3. The van der Waals surface area contributed by atoms with Crippen LogP contribution in [-0.2, 0) is 12.7 Å². The Bertz CT molecular complexity index is 1060. The van der Waals surface area contributed by atoms with E-state index >= 15 is 0 Å². The first kappa shape index (κ1) is 24.6. The van der Waals surface area contributed by atoms with Crippen LogP contribution in [0.2, 0.25) is 0 Å². The van der Waals surface area contributed by atoms with E-state index in [0.717, 1.165) is 36.1 Å². The fraction of sp³-hybridized carbons (Fsp3) is 0.476. The van der Waals surface area contributed by atoms with E-state index in [9.17, 15) is 26.7 Å². The van der Waals surface area contributed by atoms with Crippen LogP contribution in [0, 0.1) is 0 Å². The van der Waals surface area contributed by atoms with Gasteiger partial charge in [0.05, 0.1) is 23.5 Å². The summed E-state index contributed by atoms with van der Waals surface area (Å²) in [4.78, 5) is 17.0. The molecule has 0 unspecified atom stereocenters. The van der Waals surface area contributed by atoms with Crippen LogP contribution in [0.25, 0.3) is 5.70 Å². The second-order valence-electron chi connectivity index (χ2n) is 7.99. The highest BCUT2D eigenvalue weighted by Crippen LogP contribution is 2.33. The predicted molar refractivity (Wildman–Crippen MR) is 112 cm³/mol. The molecule has 1 aliphatic rings. The minimum absolute atomic E-state index is 0.160. The zero-order valence-electron chi connectivity index (χ0n) is 17.9. The predicted octanol–water partition coefficient (Wildman–Crippen LogP) is 3.45. The molecule has 0 saturated heterocycles. The van der Waals surface area contributed by atoms with Gasteiger partial charge in [0.1, 0.15) is 11.4 Å². The molecule has 7 nitrogen and oxygen atoms in total. The lowest BCUT2D eigenvalue weighted by molar-refractivity contribution is -0.138. The van der Waals surface area contributed by atoms with E-state index in [0.29, 0.717) is 17.9 Å². The summed E-state index contributed by atoms with van der Waals surface area (Å²) in [6.07, 6.45) is -2.42. The number of alkyl halides is 5. The van der Waals surface area contributed by atoms with Crippen molar-refractivity contribution < 1.29 is 22.0 Å². The molecule has 1 fully saturated rings. The largest absolute Gasteiger partial charge is 0.418 e. The fourth-order valence-corrected chi connectivity index (χ4v) is 4.06. The van der Waals surface area contributed by atoms with Gasteiger partial charge in [-0.05, 0) is 37.0 Å². The molecule has 0 radical (unpaired) electrons. The molecule has 3 rings (SSSR count). The molecule has 2 aromatic rings. The topological polar surface area (TPSA) is 103 Å². The fourth-order valence-electron chi connectivity index (χ4n) is 4.06. The Morgan fingerprint density at radius 1 is 1.27 bits per heavy atom. The van der Waals surface area contributed by atoms with Crippen molar-refractivity contribution >= 4 is 5.70 Å². The van der Waals surface area contributed by atoms with E-state index in [1.165, 1.54) is 19.3 Å². The Morgan fingerprint density at radius 3 is 2.52 bits per heavy atom. The molecular formula is C21H25F5N6O. The number of nitrogens with two attached hydrogens (primary N) is 2. The number of allylic oxidation sites excluding steroid dienone is 1. The lowest BCUT2D eigenvalue weighted by Gasteiger charge is -2.24. The molecule has 180 valence electrons. The zero-order chi connectivity index (χ0) is 24.3. The zero-order valence-corrected chi connectivity index (χ0v) is 17.9. The van der Waals surface area contributed by atoms with Gasteiger partial charge in [-0.25, -0.2) is 19.3 Å². The molecule has 1 saturated carbocycles. The van der Waals surface area contributed by atoms with Crippen molar-refractivity contribution in [3.05, 3.63) is 63.0 Å². The van der Waals surface area contributed by atoms with Crippen molar-refractivity contribution in [3.63, 3.8) is 0 Å². The average Bonchev–Trinajstić information content (AvgIpc) is 2.75. The third-order valence-electron chi connectivity index (χ3n) is 5.68. The minimum Gasteiger partial charge on any atom is -0.395 e. The van der Waals surface area contributed by atoms with E-state index in [2.05, 4.69) is 10.1 Å². The number of hydrogen-bond acceptors (Lipinski definition) is 6. The second kappa shape index (κ2) is 9.86. The number of hydrogen-bond donors (Lipinski definition) is 2. The summed E-state index contributed by atoms with van der Waals surface area (Å²) in [5, 5.41) is 4.68. The molecule has 0 aromatic carbocycles. The lowest BCUT2D eigenvalue weighted by Crippen LogP contribution is -2.34. The molecule has 0 spiro atoms. The Hall–Kier alpha value is -3.02. The molecule has 12 heteroatoms. The molecule has 2 heterocycles. The maximum Gasteiger partial charge on any atom is 0.418 e. The number of nitrogens with zero attached hydrogens (tertiary/aromatic N) is 4. The quantitative estimate of drug-likeness (QED) is 0.379. The molecule has 0 amide bonds. The normalized spacial score (nSPS) is 16.1. The van der Waals surface area contributed by atoms with Gasteiger partial charge in [-0.15, -0.1) is 0 Å². The number of pyridine rings is 1. The van der Waals surface area contributed by atoms with E-state index < -0.39 is 47.4 Å². The lowest BCUT2D eigenvalue weighted by atomic mass is 9.84. The maximum atomic E-state index is 13.6. The van der Waals surface area contributed by atoms with Crippen LogP contribution in [0.1, 0.15) is 60.5 Å². The van der Waals surface area contributed by atoms with Crippen LogP contribution in [0.4, 0.5) is 22.0 Å². The summed E-state index contributed by atoms with van der Waals surface area (Å²) < 4.78 is 68.2. The molecule has 2 aromatic heterocycles. The molecule has 0 bridgehead atoms. The van der Waals surface area contributed by atoms with Crippen LogP contribution in [0.15, 0.2) is 34.9 Å². The van der Waals surface area contributed by atoms with E-state index in [4.69, 9.17) is 11.6 Å². The third-order valence-corrected chi connectivity index (χ3v) is 5.68. The van der Waals surface area contributed by atoms with Crippen LogP contribution < -0.4 is 17.1 Å². The standard InChI is InChI=1S/C21H25F5N6O/c1-31(28)18(19(22)23)17(27)15-10-13(12-6-3-2-4-7-12)20(33)32(30-15)11-16-14(21(24,25)26)8-5-9-29-16/h5,8-10,12,19H,2-4,6-7,11,27-28H2,1H3/b18-17-. The SMILES string of the molecule is CN(N)/C(=C(\N)c1cc(C2CCCCC2)c(=O)n(Cc2ncccc2C(F)(F)F)n1)C(F)F. The minimum atomic E-state index is -4.69.